The number of hydrogen-bond donors (Lipinski definition) is 0. The van der Waals surface area contributed by atoms with Crippen LogP contribution < -0.4 is 0 Å². The van der Waals surface area contributed by atoms with Crippen molar-refractivity contribution in [3.05, 3.63) is 29.8 Å². The predicted molar refractivity (Wildman–Crippen MR) is 79.2 cm³/mol. The Morgan fingerprint density at radius 3 is 2.19 bits per heavy atom. The molecule has 0 radical (unpaired) electrons. The SMILES string of the molecule is CC1(C)CN(S(=O)(=O)c2ccccc2C#N)CC(C)(C)O1. The van der Waals surface area contributed by atoms with Crippen LogP contribution in [0.4, 0.5) is 0 Å². The zero-order chi connectivity index (χ0) is 15.9. The van der Waals surface area contributed by atoms with Gasteiger partial charge in [-0.3, -0.25) is 0 Å². The van der Waals surface area contributed by atoms with Gasteiger partial charge in [-0.2, -0.15) is 9.57 Å². The molecule has 0 N–H and O–H groups in total. The number of morpholine rings is 1. The molecule has 5 nitrogen and oxygen atoms in total. The van der Waals surface area contributed by atoms with E-state index in [9.17, 15) is 8.42 Å². The highest BCUT2D eigenvalue weighted by molar-refractivity contribution is 7.89. The van der Waals surface area contributed by atoms with Gasteiger partial charge in [-0.05, 0) is 39.8 Å². The normalized spacial score (nSPS) is 21.7. The molecule has 0 spiro atoms. The van der Waals surface area contributed by atoms with E-state index in [1.54, 1.807) is 12.1 Å². The Morgan fingerprint density at radius 1 is 1.14 bits per heavy atom. The number of ether oxygens (including phenoxy) is 1. The fourth-order valence-electron chi connectivity index (χ4n) is 2.81. The molecule has 1 aromatic carbocycles. The molecular formula is C15H20N2O3S. The smallest absolute Gasteiger partial charge is 0.244 e. The molecule has 0 aliphatic carbocycles. The monoisotopic (exact) mass is 308 g/mol. The quantitative estimate of drug-likeness (QED) is 0.839. The average Bonchev–Trinajstić information content (AvgIpc) is 2.35. The van der Waals surface area contributed by atoms with Crippen LogP contribution in [-0.2, 0) is 14.8 Å². The van der Waals surface area contributed by atoms with Crippen molar-refractivity contribution in [1.82, 2.24) is 4.31 Å². The van der Waals surface area contributed by atoms with Crippen molar-refractivity contribution >= 4 is 10.0 Å². The lowest BCUT2D eigenvalue weighted by atomic mass is 10.0. The second kappa shape index (κ2) is 5.09. The molecule has 0 atom stereocenters. The third-order valence-electron chi connectivity index (χ3n) is 3.29. The van der Waals surface area contributed by atoms with Crippen LogP contribution in [0.5, 0.6) is 0 Å². The summed E-state index contributed by atoms with van der Waals surface area (Å²) in [7, 11) is -3.72. The maximum absolute atomic E-state index is 12.9. The Kier molecular flexibility index (Phi) is 3.87. The first-order chi connectivity index (χ1) is 9.57. The molecule has 0 aromatic heterocycles. The largest absolute Gasteiger partial charge is 0.367 e. The average molecular weight is 308 g/mol. The van der Waals surface area contributed by atoms with Crippen LogP contribution in [0.2, 0.25) is 0 Å². The van der Waals surface area contributed by atoms with Gasteiger partial charge >= 0.3 is 0 Å². The summed E-state index contributed by atoms with van der Waals surface area (Å²) in [5, 5.41) is 9.13. The second-order valence-electron chi connectivity index (χ2n) is 6.50. The predicted octanol–water partition coefficient (Wildman–Crippen LogP) is 2.14. The van der Waals surface area contributed by atoms with E-state index in [4.69, 9.17) is 10.00 Å². The van der Waals surface area contributed by atoms with Crippen LogP contribution in [0.15, 0.2) is 29.2 Å². The summed E-state index contributed by atoms with van der Waals surface area (Å²) in [6.45, 7) is 8.00. The van der Waals surface area contributed by atoms with Gasteiger partial charge in [0.15, 0.2) is 0 Å². The van der Waals surface area contributed by atoms with Crippen LogP contribution in [0, 0.1) is 11.3 Å². The molecule has 0 bridgehead atoms. The minimum atomic E-state index is -3.72. The van der Waals surface area contributed by atoms with Gasteiger partial charge in [0, 0.05) is 13.1 Å². The number of nitrogens with zero attached hydrogens (tertiary/aromatic N) is 2. The second-order valence-corrected chi connectivity index (χ2v) is 8.41. The van der Waals surface area contributed by atoms with Gasteiger partial charge in [0.25, 0.3) is 0 Å². The summed E-state index contributed by atoms with van der Waals surface area (Å²) in [6.07, 6.45) is 0. The van der Waals surface area contributed by atoms with Crippen LogP contribution in [0.3, 0.4) is 0 Å². The zero-order valence-electron chi connectivity index (χ0n) is 12.8. The van der Waals surface area contributed by atoms with Crippen molar-refractivity contribution in [3.8, 4) is 6.07 Å². The summed E-state index contributed by atoms with van der Waals surface area (Å²) in [5.41, 5.74) is -0.980. The molecule has 1 heterocycles. The Hall–Kier alpha value is -1.42. The number of benzene rings is 1. The molecule has 1 fully saturated rings. The summed E-state index contributed by atoms with van der Waals surface area (Å²) < 4.78 is 33.0. The lowest BCUT2D eigenvalue weighted by Gasteiger charge is -2.46. The highest BCUT2D eigenvalue weighted by atomic mass is 32.2. The number of hydrogen-bond acceptors (Lipinski definition) is 4. The molecule has 1 saturated heterocycles. The highest BCUT2D eigenvalue weighted by Gasteiger charge is 2.43. The molecule has 0 saturated carbocycles. The van der Waals surface area contributed by atoms with Crippen molar-refractivity contribution in [1.29, 1.82) is 5.26 Å². The maximum atomic E-state index is 12.9. The first-order valence-electron chi connectivity index (χ1n) is 6.77. The minimum absolute atomic E-state index is 0.0565. The van der Waals surface area contributed by atoms with Crippen molar-refractivity contribution in [2.75, 3.05) is 13.1 Å². The van der Waals surface area contributed by atoms with Crippen molar-refractivity contribution in [2.45, 2.75) is 43.8 Å². The molecule has 6 heteroatoms. The van der Waals surface area contributed by atoms with Crippen LogP contribution in [0.1, 0.15) is 33.3 Å². The standard InChI is InChI=1S/C15H20N2O3S/c1-14(2)10-17(11-15(3,4)20-14)21(18,19)13-8-6-5-7-12(13)9-16/h5-8H,10-11H2,1-4H3. The summed E-state index contributed by atoms with van der Waals surface area (Å²) in [6, 6.07) is 8.23. The Morgan fingerprint density at radius 2 is 1.67 bits per heavy atom. The molecule has 0 unspecified atom stereocenters. The first-order valence-corrected chi connectivity index (χ1v) is 8.21. The van der Waals surface area contributed by atoms with E-state index >= 15 is 0 Å². The van der Waals surface area contributed by atoms with E-state index in [2.05, 4.69) is 0 Å². The lowest BCUT2D eigenvalue weighted by Crippen LogP contribution is -2.58. The van der Waals surface area contributed by atoms with Gasteiger partial charge in [-0.15, -0.1) is 0 Å². The fourth-order valence-corrected chi connectivity index (χ4v) is 4.69. The molecule has 1 aromatic rings. The Labute approximate surface area is 126 Å². The van der Waals surface area contributed by atoms with E-state index in [1.165, 1.54) is 16.4 Å². The van der Waals surface area contributed by atoms with Crippen molar-refractivity contribution in [2.24, 2.45) is 0 Å². The highest BCUT2D eigenvalue weighted by Crippen LogP contribution is 2.32. The van der Waals surface area contributed by atoms with E-state index in [0.717, 1.165) is 0 Å². The summed E-state index contributed by atoms with van der Waals surface area (Å²) in [4.78, 5) is 0.0565. The Balaban J connectivity index is 2.47. The van der Waals surface area contributed by atoms with Gasteiger partial charge in [0.1, 0.15) is 6.07 Å². The van der Waals surface area contributed by atoms with Crippen LogP contribution >= 0.6 is 0 Å². The topological polar surface area (TPSA) is 70.4 Å². The van der Waals surface area contributed by atoms with Crippen LogP contribution in [-0.4, -0.2) is 37.0 Å². The van der Waals surface area contributed by atoms with E-state index in [1.807, 2.05) is 33.8 Å². The van der Waals surface area contributed by atoms with Crippen LogP contribution in [0.25, 0.3) is 0 Å². The third-order valence-corrected chi connectivity index (χ3v) is 5.14. The minimum Gasteiger partial charge on any atom is -0.367 e. The van der Waals surface area contributed by atoms with E-state index < -0.39 is 21.2 Å². The van der Waals surface area contributed by atoms with Gasteiger partial charge < -0.3 is 4.74 Å². The molecule has 1 aliphatic heterocycles. The van der Waals surface area contributed by atoms with Crippen molar-refractivity contribution < 1.29 is 13.2 Å². The van der Waals surface area contributed by atoms with E-state index in [0.29, 0.717) is 0 Å². The van der Waals surface area contributed by atoms with Gasteiger partial charge in [-0.25, -0.2) is 8.42 Å². The molecular weight excluding hydrogens is 288 g/mol. The summed E-state index contributed by atoms with van der Waals surface area (Å²) >= 11 is 0. The first kappa shape index (κ1) is 16.0. The molecule has 1 aliphatic rings. The molecule has 21 heavy (non-hydrogen) atoms. The van der Waals surface area contributed by atoms with Gasteiger partial charge in [0.2, 0.25) is 10.0 Å². The summed E-state index contributed by atoms with van der Waals surface area (Å²) in [5.74, 6) is 0. The lowest BCUT2D eigenvalue weighted by molar-refractivity contribution is -0.163. The molecule has 114 valence electrons. The Bertz CT molecular complexity index is 671. The molecule has 2 rings (SSSR count). The number of sulfonamides is 1. The fraction of sp³-hybridized carbons (Fsp3) is 0.533. The zero-order valence-corrected chi connectivity index (χ0v) is 13.6. The molecule has 0 amide bonds. The van der Waals surface area contributed by atoms with Gasteiger partial charge in [-0.1, -0.05) is 12.1 Å². The maximum Gasteiger partial charge on any atom is 0.244 e. The number of rotatable bonds is 2. The number of nitriles is 1. The van der Waals surface area contributed by atoms with Gasteiger partial charge in [0.05, 0.1) is 21.7 Å². The van der Waals surface area contributed by atoms with Crippen molar-refractivity contribution in [3.63, 3.8) is 0 Å². The van der Waals surface area contributed by atoms with E-state index in [-0.39, 0.29) is 23.5 Å². The third kappa shape index (κ3) is 3.26.